The molecule has 0 saturated carbocycles. The van der Waals surface area contributed by atoms with Gasteiger partial charge < -0.3 is 9.84 Å². The zero-order valence-corrected chi connectivity index (χ0v) is 13.0. The first-order valence-corrected chi connectivity index (χ1v) is 7.30. The van der Waals surface area contributed by atoms with E-state index < -0.39 is 11.1 Å². The predicted octanol–water partition coefficient (Wildman–Crippen LogP) is 1.81. The molecule has 1 aromatic rings. The molecule has 0 spiro atoms. The van der Waals surface area contributed by atoms with E-state index in [1.54, 1.807) is 24.3 Å². The van der Waals surface area contributed by atoms with Crippen LogP contribution >= 0.6 is 11.8 Å². The summed E-state index contributed by atoms with van der Waals surface area (Å²) >= 11 is 0.789. The summed E-state index contributed by atoms with van der Waals surface area (Å²) in [4.78, 5) is 36.2. The zero-order chi connectivity index (χ0) is 16.3. The smallest absolute Gasteiger partial charge is 0.293 e. The van der Waals surface area contributed by atoms with Crippen LogP contribution in [0, 0.1) is 0 Å². The number of rotatable bonds is 5. The summed E-state index contributed by atoms with van der Waals surface area (Å²) in [5.74, 6) is -0.253. The van der Waals surface area contributed by atoms with E-state index in [2.05, 4.69) is 0 Å². The van der Waals surface area contributed by atoms with Crippen molar-refractivity contribution in [2.75, 3.05) is 13.7 Å². The number of ketones is 1. The van der Waals surface area contributed by atoms with Gasteiger partial charge in [0.15, 0.2) is 0 Å². The fraction of sp³-hybridized carbons (Fsp3) is 0.267. The molecule has 2 amide bonds. The van der Waals surface area contributed by atoms with Crippen LogP contribution in [0.2, 0.25) is 0 Å². The molecule has 0 aromatic heterocycles. The van der Waals surface area contributed by atoms with E-state index in [9.17, 15) is 14.4 Å². The van der Waals surface area contributed by atoms with Crippen molar-refractivity contribution < 1.29 is 24.2 Å². The summed E-state index contributed by atoms with van der Waals surface area (Å²) in [7, 11) is 1.48. The summed E-state index contributed by atoms with van der Waals surface area (Å²) in [5.41, 5.74) is 1.30. The molecule has 1 fully saturated rings. The van der Waals surface area contributed by atoms with Crippen LogP contribution in [0.3, 0.4) is 0 Å². The van der Waals surface area contributed by atoms with Gasteiger partial charge in [0.25, 0.3) is 11.1 Å². The standard InChI is InChI=1S/C15H15NO5S/c1-9(18)7-16-14(19)13(22-15(16)20)6-11-4-3-10(8-17)5-12(11)21-2/h3-6,17H,7-8H2,1-2H3/b13-6-. The van der Waals surface area contributed by atoms with Crippen LogP contribution in [0.15, 0.2) is 23.1 Å². The Morgan fingerprint density at radius 1 is 1.41 bits per heavy atom. The molecule has 2 rings (SSSR count). The van der Waals surface area contributed by atoms with Crippen LogP contribution in [-0.4, -0.2) is 40.6 Å². The molecule has 1 aliphatic rings. The zero-order valence-electron chi connectivity index (χ0n) is 12.2. The third-order valence-corrected chi connectivity index (χ3v) is 3.93. The number of Topliss-reactive ketones (excluding diaryl/α,β-unsaturated/α-hetero) is 1. The van der Waals surface area contributed by atoms with Crippen molar-refractivity contribution in [3.63, 3.8) is 0 Å². The molecular weight excluding hydrogens is 306 g/mol. The second kappa shape index (κ2) is 6.76. The largest absolute Gasteiger partial charge is 0.496 e. The van der Waals surface area contributed by atoms with Crippen molar-refractivity contribution in [3.8, 4) is 5.75 Å². The molecule has 0 atom stereocenters. The number of carbonyl (C=O) groups excluding carboxylic acids is 3. The minimum atomic E-state index is -0.488. The third kappa shape index (κ3) is 3.37. The maximum Gasteiger partial charge on any atom is 0.293 e. The maximum absolute atomic E-state index is 12.2. The van der Waals surface area contributed by atoms with Crippen LogP contribution in [0.25, 0.3) is 6.08 Å². The fourth-order valence-electron chi connectivity index (χ4n) is 1.97. The van der Waals surface area contributed by atoms with E-state index in [1.807, 2.05) is 0 Å². The van der Waals surface area contributed by atoms with E-state index >= 15 is 0 Å². The van der Waals surface area contributed by atoms with E-state index in [1.165, 1.54) is 14.0 Å². The van der Waals surface area contributed by atoms with E-state index in [4.69, 9.17) is 9.84 Å². The number of nitrogens with zero attached hydrogens (tertiary/aromatic N) is 1. The molecule has 1 saturated heterocycles. The number of benzene rings is 1. The molecule has 22 heavy (non-hydrogen) atoms. The van der Waals surface area contributed by atoms with Crippen molar-refractivity contribution in [2.45, 2.75) is 13.5 Å². The van der Waals surface area contributed by atoms with Gasteiger partial charge in [0.1, 0.15) is 11.5 Å². The Kier molecular flexibility index (Phi) is 4.99. The molecule has 0 bridgehead atoms. The molecular formula is C15H15NO5S. The quantitative estimate of drug-likeness (QED) is 0.833. The Morgan fingerprint density at radius 2 is 2.14 bits per heavy atom. The average Bonchev–Trinajstić information content (AvgIpc) is 2.75. The van der Waals surface area contributed by atoms with E-state index in [-0.39, 0.29) is 23.8 Å². The average molecular weight is 321 g/mol. The Balaban J connectivity index is 2.32. The number of thioether (sulfide) groups is 1. The number of imide groups is 1. The van der Waals surface area contributed by atoms with Crippen molar-refractivity contribution in [1.29, 1.82) is 0 Å². The highest BCUT2D eigenvalue weighted by Gasteiger charge is 2.35. The fourth-order valence-corrected chi connectivity index (χ4v) is 2.80. The first-order valence-electron chi connectivity index (χ1n) is 6.49. The lowest BCUT2D eigenvalue weighted by molar-refractivity contribution is -0.127. The highest BCUT2D eigenvalue weighted by Crippen LogP contribution is 2.34. The lowest BCUT2D eigenvalue weighted by Crippen LogP contribution is -2.32. The number of aliphatic hydroxyl groups is 1. The highest BCUT2D eigenvalue weighted by molar-refractivity contribution is 8.18. The number of hydrogen-bond acceptors (Lipinski definition) is 6. The van der Waals surface area contributed by atoms with Crippen molar-refractivity contribution in [3.05, 3.63) is 34.2 Å². The SMILES string of the molecule is COc1cc(CO)ccc1/C=C1\SC(=O)N(CC(C)=O)C1=O. The Labute approximate surface area is 131 Å². The summed E-state index contributed by atoms with van der Waals surface area (Å²) in [5, 5.41) is 8.65. The molecule has 116 valence electrons. The minimum absolute atomic E-state index is 0.119. The molecule has 1 aliphatic heterocycles. The Morgan fingerprint density at radius 3 is 2.73 bits per heavy atom. The van der Waals surface area contributed by atoms with Crippen LogP contribution in [-0.2, 0) is 16.2 Å². The van der Waals surface area contributed by atoms with Crippen molar-refractivity contribution in [2.24, 2.45) is 0 Å². The molecule has 1 aromatic carbocycles. The van der Waals surface area contributed by atoms with Gasteiger partial charge in [0.05, 0.1) is 25.2 Å². The molecule has 6 nitrogen and oxygen atoms in total. The molecule has 0 unspecified atom stereocenters. The Bertz CT molecular complexity index is 668. The number of hydrogen-bond donors (Lipinski definition) is 1. The van der Waals surface area contributed by atoms with Gasteiger partial charge in [-0.05, 0) is 36.4 Å². The highest BCUT2D eigenvalue weighted by atomic mass is 32.2. The topological polar surface area (TPSA) is 83.9 Å². The first-order chi connectivity index (χ1) is 10.5. The lowest BCUT2D eigenvalue weighted by Gasteiger charge is -2.09. The maximum atomic E-state index is 12.2. The third-order valence-electron chi connectivity index (χ3n) is 3.02. The van der Waals surface area contributed by atoms with Gasteiger partial charge in [-0.3, -0.25) is 19.3 Å². The first kappa shape index (κ1) is 16.3. The molecule has 0 radical (unpaired) electrons. The van der Waals surface area contributed by atoms with Crippen LogP contribution < -0.4 is 4.74 Å². The second-order valence-electron chi connectivity index (χ2n) is 4.70. The van der Waals surface area contributed by atoms with Gasteiger partial charge in [0, 0.05) is 5.56 Å². The van der Waals surface area contributed by atoms with Crippen molar-refractivity contribution in [1.82, 2.24) is 4.90 Å². The molecule has 0 aliphatic carbocycles. The van der Waals surface area contributed by atoms with Gasteiger partial charge in [-0.1, -0.05) is 12.1 Å². The number of carbonyl (C=O) groups is 3. The Hall–Kier alpha value is -2.12. The second-order valence-corrected chi connectivity index (χ2v) is 5.70. The van der Waals surface area contributed by atoms with Gasteiger partial charge in [-0.25, -0.2) is 0 Å². The van der Waals surface area contributed by atoms with Gasteiger partial charge in [-0.15, -0.1) is 0 Å². The van der Waals surface area contributed by atoms with Crippen LogP contribution in [0.1, 0.15) is 18.1 Å². The summed E-state index contributed by atoms with van der Waals surface area (Å²) < 4.78 is 5.22. The number of aliphatic hydroxyl groups excluding tert-OH is 1. The molecule has 1 heterocycles. The number of methoxy groups -OCH3 is 1. The summed E-state index contributed by atoms with van der Waals surface area (Å²) in [6.45, 7) is 0.984. The van der Waals surface area contributed by atoms with Crippen molar-refractivity contribution >= 4 is 34.8 Å². The van der Waals surface area contributed by atoms with Crippen LogP contribution in [0.4, 0.5) is 4.79 Å². The monoisotopic (exact) mass is 321 g/mol. The molecule has 7 heteroatoms. The lowest BCUT2D eigenvalue weighted by atomic mass is 10.1. The summed E-state index contributed by atoms with van der Waals surface area (Å²) in [6, 6.07) is 5.06. The number of amides is 2. The van der Waals surface area contributed by atoms with Gasteiger partial charge >= 0.3 is 0 Å². The van der Waals surface area contributed by atoms with E-state index in [0.29, 0.717) is 16.9 Å². The van der Waals surface area contributed by atoms with Gasteiger partial charge in [-0.2, -0.15) is 0 Å². The predicted molar refractivity (Wildman–Crippen MR) is 82.3 cm³/mol. The molecule has 1 N–H and O–H groups in total. The normalized spacial score (nSPS) is 16.5. The van der Waals surface area contributed by atoms with E-state index in [0.717, 1.165) is 16.7 Å². The summed E-state index contributed by atoms with van der Waals surface area (Å²) in [6.07, 6.45) is 1.55. The minimum Gasteiger partial charge on any atom is -0.496 e. The number of ether oxygens (including phenoxy) is 1. The van der Waals surface area contributed by atoms with Gasteiger partial charge in [0.2, 0.25) is 0 Å². The van der Waals surface area contributed by atoms with Crippen LogP contribution in [0.5, 0.6) is 5.75 Å².